The molecule has 2 unspecified atom stereocenters. The standard InChI is InChI=1S/C24H33NO3/c1-16(21-6-4-3-5-7-21)8-23(27)28-15-22(26)25-17(2)24-12-18-9-19(13-24)11-20(10-18)14-24/h3-7,16-20H,8-15H2,1-2H3,(H,25,26). The maximum atomic E-state index is 12.4. The summed E-state index contributed by atoms with van der Waals surface area (Å²) in [4.78, 5) is 24.6. The summed E-state index contributed by atoms with van der Waals surface area (Å²) in [7, 11) is 0. The van der Waals surface area contributed by atoms with Crippen molar-refractivity contribution in [3.63, 3.8) is 0 Å². The summed E-state index contributed by atoms with van der Waals surface area (Å²) < 4.78 is 5.26. The van der Waals surface area contributed by atoms with E-state index in [1.807, 2.05) is 37.3 Å². The van der Waals surface area contributed by atoms with E-state index in [-0.39, 0.29) is 35.9 Å². The normalized spacial score (nSPS) is 32.6. The largest absolute Gasteiger partial charge is 0.456 e. The minimum atomic E-state index is -0.311. The fourth-order valence-corrected chi connectivity index (χ4v) is 6.50. The summed E-state index contributed by atoms with van der Waals surface area (Å²) in [6.45, 7) is 3.99. The molecule has 4 nitrogen and oxygen atoms in total. The van der Waals surface area contributed by atoms with Crippen molar-refractivity contribution < 1.29 is 14.3 Å². The molecule has 0 saturated heterocycles. The Kier molecular flexibility index (Phi) is 5.48. The number of amides is 1. The highest BCUT2D eigenvalue weighted by Crippen LogP contribution is 2.61. The Morgan fingerprint density at radius 2 is 1.61 bits per heavy atom. The number of ether oxygens (including phenoxy) is 1. The zero-order valence-corrected chi connectivity index (χ0v) is 17.2. The zero-order valence-electron chi connectivity index (χ0n) is 17.2. The highest BCUT2D eigenvalue weighted by Gasteiger charge is 2.53. The fourth-order valence-electron chi connectivity index (χ4n) is 6.50. The molecular weight excluding hydrogens is 350 g/mol. The number of hydrogen-bond acceptors (Lipinski definition) is 3. The number of esters is 1. The number of carbonyl (C=O) groups is 2. The first-order chi connectivity index (χ1) is 13.4. The van der Waals surface area contributed by atoms with Gasteiger partial charge in [0.05, 0.1) is 6.42 Å². The molecule has 1 amide bonds. The molecule has 4 aliphatic rings. The molecule has 0 heterocycles. The summed E-state index contributed by atoms with van der Waals surface area (Å²) in [5.41, 5.74) is 1.38. The van der Waals surface area contributed by atoms with E-state index >= 15 is 0 Å². The molecule has 4 fully saturated rings. The van der Waals surface area contributed by atoms with Gasteiger partial charge in [-0.2, -0.15) is 0 Å². The van der Waals surface area contributed by atoms with E-state index in [0.29, 0.717) is 6.42 Å². The molecule has 0 spiro atoms. The molecule has 152 valence electrons. The number of nitrogens with one attached hydrogen (secondary N) is 1. The molecule has 1 aromatic carbocycles. The van der Waals surface area contributed by atoms with Crippen molar-refractivity contribution in [1.29, 1.82) is 0 Å². The first kappa shape index (κ1) is 19.5. The van der Waals surface area contributed by atoms with Crippen molar-refractivity contribution in [2.24, 2.45) is 23.2 Å². The Morgan fingerprint density at radius 1 is 1.04 bits per heavy atom. The van der Waals surface area contributed by atoms with Crippen molar-refractivity contribution in [2.75, 3.05) is 6.61 Å². The monoisotopic (exact) mass is 383 g/mol. The maximum absolute atomic E-state index is 12.4. The van der Waals surface area contributed by atoms with Crippen LogP contribution in [0.25, 0.3) is 0 Å². The Hall–Kier alpha value is -1.84. The summed E-state index contributed by atoms with van der Waals surface area (Å²) >= 11 is 0. The van der Waals surface area contributed by atoms with Crippen molar-refractivity contribution >= 4 is 11.9 Å². The molecule has 1 N–H and O–H groups in total. The Bertz CT molecular complexity index is 679. The SMILES string of the molecule is CC(CC(=O)OCC(=O)NC(C)C12CC3CC(CC(C3)C1)C2)c1ccccc1. The van der Waals surface area contributed by atoms with Crippen LogP contribution in [0.5, 0.6) is 0 Å². The van der Waals surface area contributed by atoms with Gasteiger partial charge in [0.25, 0.3) is 5.91 Å². The number of carbonyl (C=O) groups excluding carboxylic acids is 2. The molecule has 1 aromatic rings. The van der Waals surface area contributed by atoms with Gasteiger partial charge in [0, 0.05) is 6.04 Å². The van der Waals surface area contributed by atoms with Crippen molar-refractivity contribution in [3.05, 3.63) is 35.9 Å². The third kappa shape index (κ3) is 4.11. The smallest absolute Gasteiger partial charge is 0.306 e. The Balaban J connectivity index is 1.24. The van der Waals surface area contributed by atoms with Crippen LogP contribution in [0.1, 0.15) is 70.3 Å². The highest BCUT2D eigenvalue weighted by atomic mass is 16.5. The van der Waals surface area contributed by atoms with Gasteiger partial charge in [-0.3, -0.25) is 9.59 Å². The van der Waals surface area contributed by atoms with Gasteiger partial charge < -0.3 is 10.1 Å². The van der Waals surface area contributed by atoms with E-state index in [2.05, 4.69) is 12.2 Å². The molecule has 5 rings (SSSR count). The topological polar surface area (TPSA) is 55.4 Å². The third-order valence-electron chi connectivity index (χ3n) is 7.59. The van der Waals surface area contributed by atoms with Crippen molar-refractivity contribution in [1.82, 2.24) is 5.32 Å². The number of benzene rings is 1. The fraction of sp³-hybridized carbons (Fsp3) is 0.667. The summed E-state index contributed by atoms with van der Waals surface area (Å²) in [5, 5.41) is 3.16. The highest BCUT2D eigenvalue weighted by molar-refractivity contribution is 5.81. The van der Waals surface area contributed by atoms with Crippen molar-refractivity contribution in [3.8, 4) is 0 Å². The Morgan fingerprint density at radius 3 is 2.18 bits per heavy atom. The van der Waals surface area contributed by atoms with Gasteiger partial charge >= 0.3 is 5.97 Å². The van der Waals surface area contributed by atoms with Gasteiger partial charge in [-0.25, -0.2) is 0 Å². The lowest BCUT2D eigenvalue weighted by atomic mass is 9.48. The molecule has 4 saturated carbocycles. The Labute approximate surface area is 168 Å². The molecule has 0 radical (unpaired) electrons. The number of rotatable bonds is 7. The molecule has 0 aromatic heterocycles. The van der Waals surface area contributed by atoms with Gasteiger partial charge in [0.15, 0.2) is 6.61 Å². The molecule has 0 aliphatic heterocycles. The molecule has 4 heteroatoms. The van der Waals surface area contributed by atoms with Crippen LogP contribution in [0.4, 0.5) is 0 Å². The first-order valence-corrected chi connectivity index (χ1v) is 10.9. The second kappa shape index (κ2) is 7.88. The van der Waals surface area contributed by atoms with E-state index in [0.717, 1.165) is 23.3 Å². The van der Waals surface area contributed by atoms with E-state index in [1.54, 1.807) is 0 Å². The van der Waals surface area contributed by atoms with E-state index in [9.17, 15) is 9.59 Å². The predicted molar refractivity (Wildman–Crippen MR) is 109 cm³/mol. The average molecular weight is 384 g/mol. The molecule has 4 bridgehead atoms. The van der Waals surface area contributed by atoms with Gasteiger partial charge in [-0.05, 0) is 80.1 Å². The van der Waals surface area contributed by atoms with E-state index in [1.165, 1.54) is 38.5 Å². The lowest BCUT2D eigenvalue weighted by Crippen LogP contribution is -2.56. The van der Waals surface area contributed by atoms with Crippen LogP contribution >= 0.6 is 0 Å². The summed E-state index contributed by atoms with van der Waals surface area (Å²) in [6.07, 6.45) is 8.27. The number of hydrogen-bond donors (Lipinski definition) is 1. The lowest BCUT2D eigenvalue weighted by molar-refractivity contribution is -0.149. The molecule has 2 atom stereocenters. The van der Waals surface area contributed by atoms with Crippen LogP contribution in [0.3, 0.4) is 0 Å². The minimum absolute atomic E-state index is 0.0858. The lowest BCUT2D eigenvalue weighted by Gasteiger charge is -2.59. The third-order valence-corrected chi connectivity index (χ3v) is 7.59. The zero-order chi connectivity index (χ0) is 19.7. The summed E-state index contributed by atoms with van der Waals surface area (Å²) in [6, 6.07) is 10.1. The van der Waals surface area contributed by atoms with E-state index in [4.69, 9.17) is 4.74 Å². The van der Waals surface area contributed by atoms with Crippen LogP contribution in [-0.2, 0) is 14.3 Å². The van der Waals surface area contributed by atoms with Crippen LogP contribution < -0.4 is 5.32 Å². The van der Waals surface area contributed by atoms with Crippen LogP contribution in [0.15, 0.2) is 30.3 Å². The maximum Gasteiger partial charge on any atom is 0.306 e. The first-order valence-electron chi connectivity index (χ1n) is 10.9. The molecule has 28 heavy (non-hydrogen) atoms. The van der Waals surface area contributed by atoms with Crippen LogP contribution in [0, 0.1) is 23.2 Å². The van der Waals surface area contributed by atoms with Crippen LogP contribution in [0.2, 0.25) is 0 Å². The second-order valence-electron chi connectivity index (χ2n) is 9.75. The molecular formula is C24H33NO3. The van der Waals surface area contributed by atoms with Crippen LogP contribution in [-0.4, -0.2) is 24.5 Å². The molecule has 4 aliphatic carbocycles. The van der Waals surface area contributed by atoms with E-state index < -0.39 is 0 Å². The van der Waals surface area contributed by atoms with Gasteiger partial charge in [-0.1, -0.05) is 37.3 Å². The van der Waals surface area contributed by atoms with Gasteiger partial charge in [0.1, 0.15) is 0 Å². The summed E-state index contributed by atoms with van der Waals surface area (Å²) in [5.74, 6) is 2.20. The quantitative estimate of drug-likeness (QED) is 0.708. The van der Waals surface area contributed by atoms with Crippen molar-refractivity contribution in [2.45, 2.75) is 70.8 Å². The average Bonchev–Trinajstić information content (AvgIpc) is 2.66. The van der Waals surface area contributed by atoms with Gasteiger partial charge in [-0.15, -0.1) is 0 Å². The minimum Gasteiger partial charge on any atom is -0.456 e. The second-order valence-corrected chi connectivity index (χ2v) is 9.75. The van der Waals surface area contributed by atoms with Gasteiger partial charge in [0.2, 0.25) is 0 Å². The predicted octanol–water partition coefficient (Wildman–Crippen LogP) is 4.44.